The fourth-order valence-electron chi connectivity index (χ4n) is 1.63. The summed E-state index contributed by atoms with van der Waals surface area (Å²) in [7, 11) is -3.81. The molecule has 0 bridgehead atoms. The third kappa shape index (κ3) is 3.26. The van der Waals surface area contributed by atoms with Crippen LogP contribution in [0.25, 0.3) is 0 Å². The van der Waals surface area contributed by atoms with Crippen molar-refractivity contribution in [2.24, 2.45) is 0 Å². The molecule has 2 aromatic carbocycles. The van der Waals surface area contributed by atoms with E-state index in [9.17, 15) is 8.42 Å². The summed E-state index contributed by atoms with van der Waals surface area (Å²) in [6.45, 7) is 2.01. The topological polar surface area (TPSA) is 69.4 Å². The number of nitrogen functional groups attached to an aromatic ring is 1. The van der Waals surface area contributed by atoms with Gasteiger partial charge in [-0.1, -0.05) is 25.1 Å². The van der Waals surface area contributed by atoms with Crippen molar-refractivity contribution in [2.45, 2.75) is 18.2 Å². The summed E-state index contributed by atoms with van der Waals surface area (Å²) in [4.78, 5) is 0.132. The van der Waals surface area contributed by atoms with Crippen LogP contribution in [-0.2, 0) is 16.5 Å². The van der Waals surface area contributed by atoms with Crippen LogP contribution in [0.5, 0.6) is 5.75 Å². The summed E-state index contributed by atoms with van der Waals surface area (Å²) < 4.78 is 29.1. The molecule has 19 heavy (non-hydrogen) atoms. The van der Waals surface area contributed by atoms with Crippen molar-refractivity contribution in [1.29, 1.82) is 0 Å². The van der Waals surface area contributed by atoms with Gasteiger partial charge in [0, 0.05) is 11.8 Å². The smallest absolute Gasteiger partial charge is 0.339 e. The van der Waals surface area contributed by atoms with Crippen molar-refractivity contribution < 1.29 is 12.6 Å². The summed E-state index contributed by atoms with van der Waals surface area (Å²) in [5, 5.41) is 0. The van der Waals surface area contributed by atoms with Gasteiger partial charge >= 0.3 is 10.1 Å². The van der Waals surface area contributed by atoms with Crippen LogP contribution in [0, 0.1) is 0 Å². The fraction of sp³-hybridized carbons (Fsp3) is 0.143. The molecule has 0 saturated heterocycles. The largest absolute Gasteiger partial charge is 0.399 e. The van der Waals surface area contributed by atoms with Crippen LogP contribution in [0.15, 0.2) is 53.4 Å². The van der Waals surface area contributed by atoms with Crippen LogP contribution in [0.1, 0.15) is 12.5 Å². The summed E-state index contributed by atoms with van der Waals surface area (Å²) >= 11 is 0. The Labute approximate surface area is 113 Å². The standard InChI is InChI=1S/C14H15NO3S/c1-2-11-6-8-14(9-7-11)19(16,17)18-13-5-3-4-12(15)10-13/h3-10H,2,15H2,1H3. The van der Waals surface area contributed by atoms with E-state index in [0.29, 0.717) is 5.69 Å². The molecule has 0 heterocycles. The second-order valence-electron chi connectivity index (χ2n) is 4.11. The van der Waals surface area contributed by atoms with Gasteiger partial charge in [-0.15, -0.1) is 0 Å². The van der Waals surface area contributed by atoms with E-state index in [1.807, 2.05) is 6.92 Å². The molecule has 100 valence electrons. The zero-order chi connectivity index (χ0) is 13.9. The van der Waals surface area contributed by atoms with Crippen molar-refractivity contribution >= 4 is 15.8 Å². The molecule has 0 radical (unpaired) electrons. The molecule has 0 spiro atoms. The minimum atomic E-state index is -3.81. The first kappa shape index (κ1) is 13.4. The van der Waals surface area contributed by atoms with Crippen LogP contribution in [0.2, 0.25) is 0 Å². The SMILES string of the molecule is CCc1ccc(S(=O)(=O)Oc2cccc(N)c2)cc1. The molecule has 0 aliphatic carbocycles. The third-order valence-corrected chi connectivity index (χ3v) is 3.95. The lowest BCUT2D eigenvalue weighted by Gasteiger charge is -2.08. The van der Waals surface area contributed by atoms with Crippen LogP contribution in [0.4, 0.5) is 5.69 Å². The second-order valence-corrected chi connectivity index (χ2v) is 5.65. The quantitative estimate of drug-likeness (QED) is 0.689. The molecule has 0 aliphatic heterocycles. The normalized spacial score (nSPS) is 11.2. The molecule has 0 amide bonds. The zero-order valence-electron chi connectivity index (χ0n) is 10.5. The van der Waals surface area contributed by atoms with Gasteiger partial charge in [0.2, 0.25) is 0 Å². The molecule has 0 atom stereocenters. The highest BCUT2D eigenvalue weighted by Gasteiger charge is 2.16. The minimum absolute atomic E-state index is 0.132. The molecule has 4 nitrogen and oxygen atoms in total. The van der Waals surface area contributed by atoms with Crippen molar-refractivity contribution in [2.75, 3.05) is 5.73 Å². The van der Waals surface area contributed by atoms with Crippen molar-refractivity contribution in [1.82, 2.24) is 0 Å². The van der Waals surface area contributed by atoms with Gasteiger partial charge < -0.3 is 9.92 Å². The molecule has 5 heteroatoms. The highest BCUT2D eigenvalue weighted by molar-refractivity contribution is 7.87. The van der Waals surface area contributed by atoms with Crippen molar-refractivity contribution in [3.63, 3.8) is 0 Å². The molecular weight excluding hydrogens is 262 g/mol. The Kier molecular flexibility index (Phi) is 3.76. The maximum absolute atomic E-state index is 12.0. The molecule has 2 aromatic rings. The monoisotopic (exact) mass is 277 g/mol. The van der Waals surface area contributed by atoms with Gasteiger partial charge in [0.1, 0.15) is 10.6 Å². The first-order valence-corrected chi connectivity index (χ1v) is 7.31. The van der Waals surface area contributed by atoms with E-state index in [2.05, 4.69) is 0 Å². The summed E-state index contributed by atoms with van der Waals surface area (Å²) in [5.74, 6) is 0.208. The number of rotatable bonds is 4. The second kappa shape index (κ2) is 5.32. The minimum Gasteiger partial charge on any atom is -0.399 e. The number of aryl methyl sites for hydroxylation is 1. The Morgan fingerprint density at radius 3 is 2.37 bits per heavy atom. The first-order valence-electron chi connectivity index (χ1n) is 5.90. The van der Waals surface area contributed by atoms with E-state index in [4.69, 9.17) is 9.92 Å². The third-order valence-electron chi connectivity index (χ3n) is 2.68. The lowest BCUT2D eigenvalue weighted by molar-refractivity contribution is 0.486. The Balaban J connectivity index is 2.27. The number of anilines is 1. The molecule has 2 rings (SSSR count). The van der Waals surface area contributed by atoms with Gasteiger partial charge in [-0.25, -0.2) is 0 Å². The predicted molar refractivity (Wildman–Crippen MR) is 74.5 cm³/mol. The Morgan fingerprint density at radius 2 is 1.79 bits per heavy atom. The zero-order valence-corrected chi connectivity index (χ0v) is 11.4. The van der Waals surface area contributed by atoms with Crippen LogP contribution < -0.4 is 9.92 Å². The Hall–Kier alpha value is -2.01. The van der Waals surface area contributed by atoms with E-state index in [1.54, 1.807) is 42.5 Å². The van der Waals surface area contributed by atoms with Gasteiger partial charge in [0.25, 0.3) is 0 Å². The average Bonchev–Trinajstić information content (AvgIpc) is 2.38. The van der Waals surface area contributed by atoms with E-state index < -0.39 is 10.1 Å². The first-order chi connectivity index (χ1) is 9.01. The molecule has 0 unspecified atom stereocenters. The fourth-order valence-corrected chi connectivity index (χ4v) is 2.56. The number of hydrogen-bond donors (Lipinski definition) is 1. The Bertz CT molecular complexity index is 663. The average molecular weight is 277 g/mol. The van der Waals surface area contributed by atoms with Crippen molar-refractivity contribution in [3.05, 3.63) is 54.1 Å². The van der Waals surface area contributed by atoms with Crippen LogP contribution in [-0.4, -0.2) is 8.42 Å². The maximum atomic E-state index is 12.0. The van der Waals surface area contributed by atoms with E-state index in [0.717, 1.165) is 12.0 Å². The summed E-state index contributed by atoms with van der Waals surface area (Å²) in [6, 6.07) is 13.0. The van der Waals surface area contributed by atoms with Gasteiger partial charge in [-0.3, -0.25) is 0 Å². The van der Waals surface area contributed by atoms with E-state index in [1.165, 1.54) is 6.07 Å². The van der Waals surface area contributed by atoms with Gasteiger partial charge in [-0.05, 0) is 36.2 Å². The van der Waals surface area contributed by atoms with Crippen LogP contribution in [0.3, 0.4) is 0 Å². The van der Waals surface area contributed by atoms with Crippen LogP contribution >= 0.6 is 0 Å². The Morgan fingerprint density at radius 1 is 1.11 bits per heavy atom. The van der Waals surface area contributed by atoms with Crippen molar-refractivity contribution in [3.8, 4) is 5.75 Å². The van der Waals surface area contributed by atoms with Gasteiger partial charge in [0.15, 0.2) is 0 Å². The van der Waals surface area contributed by atoms with E-state index >= 15 is 0 Å². The highest BCUT2D eigenvalue weighted by Crippen LogP contribution is 2.20. The van der Waals surface area contributed by atoms with Gasteiger partial charge in [-0.2, -0.15) is 8.42 Å². The molecule has 0 aromatic heterocycles. The molecule has 2 N–H and O–H groups in total. The summed E-state index contributed by atoms with van der Waals surface area (Å²) in [5.41, 5.74) is 7.10. The maximum Gasteiger partial charge on any atom is 0.339 e. The number of benzene rings is 2. The molecule has 0 fully saturated rings. The number of nitrogens with two attached hydrogens (primary N) is 1. The molecule has 0 aliphatic rings. The lowest BCUT2D eigenvalue weighted by atomic mass is 10.2. The molecule has 0 saturated carbocycles. The lowest BCUT2D eigenvalue weighted by Crippen LogP contribution is -2.09. The predicted octanol–water partition coefficient (Wildman–Crippen LogP) is 2.60. The summed E-state index contributed by atoms with van der Waals surface area (Å²) in [6.07, 6.45) is 0.858. The molecular formula is C14H15NO3S. The van der Waals surface area contributed by atoms with Gasteiger partial charge in [0.05, 0.1) is 0 Å². The number of hydrogen-bond acceptors (Lipinski definition) is 4. The highest BCUT2D eigenvalue weighted by atomic mass is 32.2. The van der Waals surface area contributed by atoms with E-state index in [-0.39, 0.29) is 10.6 Å².